The van der Waals surface area contributed by atoms with Gasteiger partial charge in [0.15, 0.2) is 0 Å². The van der Waals surface area contributed by atoms with Crippen LogP contribution in [0.5, 0.6) is 0 Å². The molecule has 27 heavy (non-hydrogen) atoms. The van der Waals surface area contributed by atoms with Crippen molar-refractivity contribution in [1.82, 2.24) is 16.0 Å². The maximum atomic E-state index is 12.2. The molecule has 0 aliphatic rings. The lowest BCUT2D eigenvalue weighted by Gasteiger charge is -2.19. The third-order valence-electron chi connectivity index (χ3n) is 3.69. The molecule has 0 aromatic heterocycles. The van der Waals surface area contributed by atoms with Crippen molar-refractivity contribution in [3.8, 4) is 0 Å². The first-order chi connectivity index (χ1) is 12.6. The van der Waals surface area contributed by atoms with E-state index in [2.05, 4.69) is 16.0 Å². The van der Waals surface area contributed by atoms with Crippen LogP contribution >= 0.6 is 0 Å². The van der Waals surface area contributed by atoms with Crippen molar-refractivity contribution >= 4 is 17.9 Å². The Hall–Kier alpha value is -2.57. The van der Waals surface area contributed by atoms with E-state index >= 15 is 0 Å². The summed E-state index contributed by atoms with van der Waals surface area (Å²) in [6, 6.07) is 7.25. The monoisotopic (exact) mass is 377 g/mol. The first-order valence-corrected chi connectivity index (χ1v) is 9.24. The molecule has 0 aliphatic carbocycles. The fourth-order valence-electron chi connectivity index (χ4n) is 2.11. The minimum absolute atomic E-state index is 0.110. The molecular formula is C20H31N3O4. The van der Waals surface area contributed by atoms with Gasteiger partial charge in [-0.3, -0.25) is 9.59 Å². The number of nitrogens with one attached hydrogen (secondary N) is 3. The maximum absolute atomic E-state index is 12.2. The normalized spacial score (nSPS) is 12.0. The highest BCUT2D eigenvalue weighted by Crippen LogP contribution is 2.07. The van der Waals surface area contributed by atoms with Gasteiger partial charge in [-0.15, -0.1) is 0 Å². The number of alkyl carbamates (subject to hydrolysis) is 1. The first-order valence-electron chi connectivity index (χ1n) is 9.24. The molecule has 0 radical (unpaired) electrons. The van der Waals surface area contributed by atoms with Gasteiger partial charge in [0, 0.05) is 31.1 Å². The number of amides is 3. The van der Waals surface area contributed by atoms with Gasteiger partial charge >= 0.3 is 6.09 Å². The summed E-state index contributed by atoms with van der Waals surface area (Å²) in [5, 5.41) is 8.23. The highest BCUT2D eigenvalue weighted by atomic mass is 16.6. The molecule has 0 fully saturated rings. The van der Waals surface area contributed by atoms with Gasteiger partial charge < -0.3 is 20.7 Å². The highest BCUT2D eigenvalue weighted by Gasteiger charge is 2.16. The van der Waals surface area contributed by atoms with Crippen LogP contribution in [0.1, 0.15) is 63.4 Å². The highest BCUT2D eigenvalue weighted by molar-refractivity contribution is 5.94. The second-order valence-corrected chi connectivity index (χ2v) is 7.44. The average molecular weight is 377 g/mol. The van der Waals surface area contributed by atoms with Crippen molar-refractivity contribution in [2.45, 2.75) is 65.6 Å². The SMILES string of the molecule is CCC(C)NC(=O)c1cccc(CNC(=O)CCNC(=O)OC(C)(C)C)c1. The Morgan fingerprint density at radius 1 is 1.15 bits per heavy atom. The van der Waals surface area contributed by atoms with Crippen LogP contribution < -0.4 is 16.0 Å². The lowest BCUT2D eigenvalue weighted by atomic mass is 10.1. The molecule has 0 heterocycles. The second-order valence-electron chi connectivity index (χ2n) is 7.44. The molecule has 1 aromatic rings. The second kappa shape index (κ2) is 10.5. The standard InChI is InChI=1S/C20H31N3O4/c1-6-14(2)23-18(25)16-9-7-8-15(12-16)13-22-17(24)10-11-21-19(26)27-20(3,4)5/h7-9,12,14H,6,10-11,13H2,1-5H3,(H,21,26)(H,22,24)(H,23,25). The van der Waals surface area contributed by atoms with Gasteiger partial charge in [-0.05, 0) is 51.8 Å². The average Bonchev–Trinajstić information content (AvgIpc) is 2.58. The molecule has 150 valence electrons. The van der Waals surface area contributed by atoms with Crippen molar-refractivity contribution in [3.63, 3.8) is 0 Å². The Bertz CT molecular complexity index is 653. The maximum Gasteiger partial charge on any atom is 0.407 e. The molecule has 0 saturated heterocycles. The van der Waals surface area contributed by atoms with Gasteiger partial charge in [-0.25, -0.2) is 4.79 Å². The Balaban J connectivity index is 2.40. The summed E-state index contributed by atoms with van der Waals surface area (Å²) in [5.74, 6) is -0.320. The minimum Gasteiger partial charge on any atom is -0.444 e. The molecule has 0 bridgehead atoms. The van der Waals surface area contributed by atoms with E-state index in [-0.39, 0.29) is 30.8 Å². The molecule has 1 rings (SSSR count). The number of hydrogen-bond acceptors (Lipinski definition) is 4. The summed E-state index contributed by atoms with van der Waals surface area (Å²) < 4.78 is 5.10. The van der Waals surface area contributed by atoms with Crippen LogP contribution in [0.4, 0.5) is 4.79 Å². The summed E-state index contributed by atoms with van der Waals surface area (Å²) in [6.07, 6.45) is 0.460. The van der Waals surface area contributed by atoms with Crippen molar-refractivity contribution in [2.24, 2.45) is 0 Å². The van der Waals surface area contributed by atoms with E-state index in [4.69, 9.17) is 4.74 Å². The quantitative estimate of drug-likeness (QED) is 0.649. The van der Waals surface area contributed by atoms with Gasteiger partial charge in [-0.1, -0.05) is 19.1 Å². The topological polar surface area (TPSA) is 96.5 Å². The summed E-state index contributed by atoms with van der Waals surface area (Å²) >= 11 is 0. The Kier molecular flexibility index (Phi) is 8.78. The molecule has 7 heteroatoms. The van der Waals surface area contributed by atoms with E-state index in [0.717, 1.165) is 12.0 Å². The Labute approximate surface area is 161 Å². The molecule has 0 saturated carbocycles. The van der Waals surface area contributed by atoms with E-state index in [0.29, 0.717) is 12.1 Å². The zero-order chi connectivity index (χ0) is 20.4. The van der Waals surface area contributed by atoms with E-state index in [9.17, 15) is 14.4 Å². The van der Waals surface area contributed by atoms with Gasteiger partial charge in [-0.2, -0.15) is 0 Å². The summed E-state index contributed by atoms with van der Waals surface area (Å²) in [7, 11) is 0. The predicted octanol–water partition coefficient (Wildman–Crippen LogP) is 2.75. The van der Waals surface area contributed by atoms with Crippen LogP contribution in [0.15, 0.2) is 24.3 Å². The lowest BCUT2D eigenvalue weighted by molar-refractivity contribution is -0.121. The number of carbonyl (C=O) groups excluding carboxylic acids is 3. The number of carbonyl (C=O) groups is 3. The predicted molar refractivity (Wildman–Crippen MR) is 104 cm³/mol. The Morgan fingerprint density at radius 2 is 1.85 bits per heavy atom. The van der Waals surface area contributed by atoms with Crippen molar-refractivity contribution in [2.75, 3.05) is 6.54 Å². The van der Waals surface area contributed by atoms with E-state index in [1.54, 1.807) is 39.0 Å². The molecule has 1 unspecified atom stereocenters. The molecule has 0 spiro atoms. The molecule has 0 aliphatic heterocycles. The fourth-order valence-corrected chi connectivity index (χ4v) is 2.11. The van der Waals surface area contributed by atoms with Crippen molar-refractivity contribution in [3.05, 3.63) is 35.4 Å². The van der Waals surface area contributed by atoms with Gasteiger partial charge in [0.25, 0.3) is 5.91 Å². The number of benzene rings is 1. The van der Waals surface area contributed by atoms with Gasteiger partial charge in [0.2, 0.25) is 5.91 Å². The Morgan fingerprint density at radius 3 is 2.48 bits per heavy atom. The first kappa shape index (κ1) is 22.5. The van der Waals surface area contributed by atoms with Crippen LogP contribution in [0.2, 0.25) is 0 Å². The summed E-state index contributed by atoms with van der Waals surface area (Å²) in [5.41, 5.74) is 0.826. The van der Waals surface area contributed by atoms with Gasteiger partial charge in [0.05, 0.1) is 0 Å². The van der Waals surface area contributed by atoms with Gasteiger partial charge in [0.1, 0.15) is 5.60 Å². The molecular weight excluding hydrogens is 346 g/mol. The number of ether oxygens (including phenoxy) is 1. The molecule has 3 N–H and O–H groups in total. The molecule has 1 atom stereocenters. The van der Waals surface area contributed by atoms with Crippen LogP contribution in [0.3, 0.4) is 0 Å². The van der Waals surface area contributed by atoms with Crippen LogP contribution in [0.25, 0.3) is 0 Å². The van der Waals surface area contributed by atoms with Crippen molar-refractivity contribution < 1.29 is 19.1 Å². The zero-order valence-corrected chi connectivity index (χ0v) is 16.8. The molecule has 1 aromatic carbocycles. The summed E-state index contributed by atoms with van der Waals surface area (Å²) in [4.78, 5) is 35.6. The molecule has 7 nitrogen and oxygen atoms in total. The number of rotatable bonds is 8. The van der Waals surface area contributed by atoms with Crippen LogP contribution in [0, 0.1) is 0 Å². The summed E-state index contributed by atoms with van der Waals surface area (Å²) in [6.45, 7) is 9.79. The van der Waals surface area contributed by atoms with Crippen LogP contribution in [-0.4, -0.2) is 36.1 Å². The van der Waals surface area contributed by atoms with Crippen molar-refractivity contribution in [1.29, 1.82) is 0 Å². The minimum atomic E-state index is -0.571. The molecule has 3 amide bonds. The third kappa shape index (κ3) is 9.63. The lowest BCUT2D eigenvalue weighted by Crippen LogP contribution is -2.35. The van der Waals surface area contributed by atoms with E-state index in [1.165, 1.54) is 0 Å². The smallest absolute Gasteiger partial charge is 0.407 e. The fraction of sp³-hybridized carbons (Fsp3) is 0.550. The third-order valence-corrected chi connectivity index (χ3v) is 3.69. The van der Waals surface area contributed by atoms with E-state index in [1.807, 2.05) is 19.9 Å². The largest absolute Gasteiger partial charge is 0.444 e. The number of hydrogen-bond donors (Lipinski definition) is 3. The van der Waals surface area contributed by atoms with E-state index < -0.39 is 11.7 Å². The van der Waals surface area contributed by atoms with Crippen LogP contribution in [-0.2, 0) is 16.1 Å². The zero-order valence-electron chi connectivity index (χ0n) is 16.8.